The molecule has 0 saturated carbocycles. The number of fused-ring (bicyclic) bond motifs is 1. The van der Waals surface area contributed by atoms with Crippen LogP contribution in [0.3, 0.4) is 0 Å². The van der Waals surface area contributed by atoms with Crippen molar-refractivity contribution in [1.29, 1.82) is 0 Å². The maximum absolute atomic E-state index is 14.1. The zero-order chi connectivity index (χ0) is 15.0. The van der Waals surface area contributed by atoms with Crippen molar-refractivity contribution < 1.29 is 19.0 Å². The highest BCUT2D eigenvalue weighted by molar-refractivity contribution is 5.87. The molecule has 6 nitrogen and oxygen atoms in total. The van der Waals surface area contributed by atoms with Crippen LogP contribution in [0.2, 0.25) is 0 Å². The van der Waals surface area contributed by atoms with Crippen LogP contribution in [0.15, 0.2) is 36.5 Å². The summed E-state index contributed by atoms with van der Waals surface area (Å²) in [7, 11) is 1.44. The molecule has 2 heterocycles. The van der Waals surface area contributed by atoms with Gasteiger partial charge in [-0.05, 0) is 24.3 Å². The Bertz CT molecular complexity index is 845. The highest BCUT2D eigenvalue weighted by atomic mass is 19.1. The van der Waals surface area contributed by atoms with Crippen molar-refractivity contribution in [1.82, 2.24) is 14.6 Å². The number of hydrogen-bond donors (Lipinski definition) is 1. The number of methoxy groups -OCH3 is 1. The molecule has 3 rings (SSSR count). The van der Waals surface area contributed by atoms with E-state index in [1.807, 2.05) is 0 Å². The number of carboxylic acids is 1. The van der Waals surface area contributed by atoms with E-state index in [0.717, 1.165) is 0 Å². The lowest BCUT2D eigenvalue weighted by Gasteiger charge is -2.05. The van der Waals surface area contributed by atoms with Gasteiger partial charge in [0.25, 0.3) is 0 Å². The number of nitrogens with zero attached hydrogens (tertiary/aromatic N) is 3. The summed E-state index contributed by atoms with van der Waals surface area (Å²) < 4.78 is 20.5. The van der Waals surface area contributed by atoms with Gasteiger partial charge in [-0.2, -0.15) is 0 Å². The number of aromatic nitrogens is 3. The summed E-state index contributed by atoms with van der Waals surface area (Å²) in [5.74, 6) is -0.985. The Morgan fingerprint density at radius 1 is 1.29 bits per heavy atom. The lowest BCUT2D eigenvalue weighted by atomic mass is 10.2. The van der Waals surface area contributed by atoms with Crippen molar-refractivity contribution >= 4 is 11.6 Å². The normalized spacial score (nSPS) is 10.8. The van der Waals surface area contributed by atoms with Gasteiger partial charge in [0.1, 0.15) is 11.6 Å². The number of hydrogen-bond acceptors (Lipinski definition) is 4. The Balaban J connectivity index is 2.20. The van der Waals surface area contributed by atoms with Gasteiger partial charge in [0.15, 0.2) is 11.5 Å². The second-order valence-electron chi connectivity index (χ2n) is 4.32. The summed E-state index contributed by atoms with van der Waals surface area (Å²) in [6.45, 7) is 0. The van der Waals surface area contributed by atoms with Gasteiger partial charge in [0.05, 0.1) is 18.2 Å². The Hall–Kier alpha value is -2.96. The van der Waals surface area contributed by atoms with Gasteiger partial charge in [0.2, 0.25) is 0 Å². The van der Waals surface area contributed by atoms with Crippen molar-refractivity contribution in [3.05, 3.63) is 47.9 Å². The number of ether oxygens (including phenoxy) is 1. The third-order valence-electron chi connectivity index (χ3n) is 3.07. The van der Waals surface area contributed by atoms with E-state index in [4.69, 9.17) is 9.84 Å². The van der Waals surface area contributed by atoms with Crippen molar-refractivity contribution in [2.75, 3.05) is 7.11 Å². The molecule has 0 saturated heterocycles. The quantitative estimate of drug-likeness (QED) is 0.799. The number of rotatable bonds is 3. The van der Waals surface area contributed by atoms with Gasteiger partial charge in [-0.25, -0.2) is 9.18 Å². The van der Waals surface area contributed by atoms with Gasteiger partial charge in [-0.3, -0.25) is 4.40 Å². The molecule has 0 radical (unpaired) electrons. The van der Waals surface area contributed by atoms with Crippen molar-refractivity contribution in [2.45, 2.75) is 0 Å². The third-order valence-corrected chi connectivity index (χ3v) is 3.07. The van der Waals surface area contributed by atoms with Crippen molar-refractivity contribution in [3.8, 4) is 17.1 Å². The first-order chi connectivity index (χ1) is 10.1. The summed E-state index contributed by atoms with van der Waals surface area (Å²) in [5.41, 5.74) is 0.716. The summed E-state index contributed by atoms with van der Waals surface area (Å²) in [5, 5.41) is 16.8. The molecule has 0 fully saturated rings. The zero-order valence-corrected chi connectivity index (χ0v) is 10.9. The first kappa shape index (κ1) is 13.0. The SMILES string of the molecule is COc1ccc(-c2nnc3ccc(C(=O)O)cn23)c(F)c1. The first-order valence-electron chi connectivity index (χ1n) is 6.02. The Labute approximate surface area is 118 Å². The van der Waals surface area contributed by atoms with Crippen LogP contribution in [0.25, 0.3) is 17.0 Å². The van der Waals surface area contributed by atoms with Crippen molar-refractivity contribution in [3.63, 3.8) is 0 Å². The second kappa shape index (κ2) is 4.86. The lowest BCUT2D eigenvalue weighted by molar-refractivity contribution is 0.0696. The second-order valence-corrected chi connectivity index (χ2v) is 4.32. The highest BCUT2D eigenvalue weighted by Gasteiger charge is 2.15. The number of carboxylic acid groups (broad SMARTS) is 1. The van der Waals surface area contributed by atoms with Crippen LogP contribution < -0.4 is 4.74 Å². The molecule has 1 N–H and O–H groups in total. The molecule has 0 unspecified atom stereocenters. The monoisotopic (exact) mass is 287 g/mol. The van der Waals surface area contributed by atoms with Crippen LogP contribution in [0.1, 0.15) is 10.4 Å². The van der Waals surface area contributed by atoms with E-state index in [-0.39, 0.29) is 17.0 Å². The van der Waals surface area contributed by atoms with E-state index in [9.17, 15) is 9.18 Å². The molecule has 0 aliphatic heterocycles. The van der Waals surface area contributed by atoms with Gasteiger partial charge >= 0.3 is 5.97 Å². The van der Waals surface area contributed by atoms with Crippen molar-refractivity contribution in [2.24, 2.45) is 0 Å². The highest BCUT2D eigenvalue weighted by Crippen LogP contribution is 2.25. The molecule has 0 aliphatic carbocycles. The zero-order valence-electron chi connectivity index (χ0n) is 10.9. The largest absolute Gasteiger partial charge is 0.497 e. The van der Waals surface area contributed by atoms with Crippen LogP contribution in [-0.4, -0.2) is 32.8 Å². The minimum atomic E-state index is -1.08. The molecular weight excluding hydrogens is 277 g/mol. The first-order valence-corrected chi connectivity index (χ1v) is 6.02. The molecule has 7 heteroatoms. The van der Waals surface area contributed by atoms with Gasteiger partial charge < -0.3 is 9.84 Å². The summed E-state index contributed by atoms with van der Waals surface area (Å²) in [6, 6.07) is 7.28. The summed E-state index contributed by atoms with van der Waals surface area (Å²) in [6.07, 6.45) is 1.36. The molecule has 106 valence electrons. The molecular formula is C14H10FN3O3. The molecule has 0 spiro atoms. The van der Waals surface area contributed by atoms with E-state index in [0.29, 0.717) is 11.4 Å². The molecule has 0 aliphatic rings. The number of aromatic carboxylic acids is 1. The number of halogens is 1. The van der Waals surface area contributed by atoms with Gasteiger partial charge in [-0.1, -0.05) is 0 Å². The molecule has 2 aromatic heterocycles. The van der Waals surface area contributed by atoms with Gasteiger partial charge in [0, 0.05) is 12.3 Å². The van der Waals surface area contributed by atoms with Crippen LogP contribution in [0.4, 0.5) is 4.39 Å². The van der Waals surface area contributed by atoms with Gasteiger partial charge in [-0.15, -0.1) is 10.2 Å². The maximum Gasteiger partial charge on any atom is 0.337 e. The predicted molar refractivity (Wildman–Crippen MR) is 71.9 cm³/mol. The summed E-state index contributed by atoms with van der Waals surface area (Å²) >= 11 is 0. The van der Waals surface area contributed by atoms with E-state index >= 15 is 0 Å². The number of carbonyl (C=O) groups is 1. The number of benzene rings is 1. The van der Waals surface area contributed by atoms with Crippen LogP contribution in [-0.2, 0) is 0 Å². The van der Waals surface area contributed by atoms with E-state index in [1.165, 1.54) is 42.0 Å². The lowest BCUT2D eigenvalue weighted by Crippen LogP contribution is -2.00. The predicted octanol–water partition coefficient (Wildman–Crippen LogP) is 2.24. The fraction of sp³-hybridized carbons (Fsp3) is 0.0714. The van der Waals surface area contributed by atoms with Crippen LogP contribution >= 0.6 is 0 Å². The molecule has 3 aromatic rings. The van der Waals surface area contributed by atoms with E-state index in [2.05, 4.69) is 10.2 Å². The fourth-order valence-corrected chi connectivity index (χ4v) is 2.01. The van der Waals surface area contributed by atoms with Crippen LogP contribution in [0, 0.1) is 5.82 Å². The van der Waals surface area contributed by atoms with E-state index < -0.39 is 11.8 Å². The average molecular weight is 287 g/mol. The standard InChI is InChI=1S/C14H10FN3O3/c1-21-9-3-4-10(11(15)6-9)13-17-16-12-5-2-8(14(19)20)7-18(12)13/h2-7H,1H3,(H,19,20). The average Bonchev–Trinajstić information content (AvgIpc) is 2.89. The smallest absolute Gasteiger partial charge is 0.337 e. The minimum Gasteiger partial charge on any atom is -0.497 e. The molecule has 0 bridgehead atoms. The Morgan fingerprint density at radius 3 is 2.76 bits per heavy atom. The Morgan fingerprint density at radius 2 is 2.10 bits per heavy atom. The van der Waals surface area contributed by atoms with Crippen LogP contribution in [0.5, 0.6) is 5.75 Å². The Kier molecular flexibility index (Phi) is 3.02. The third kappa shape index (κ3) is 2.18. The maximum atomic E-state index is 14.1. The molecule has 0 amide bonds. The summed E-state index contributed by atoms with van der Waals surface area (Å²) in [4.78, 5) is 11.0. The molecule has 21 heavy (non-hydrogen) atoms. The molecule has 1 aromatic carbocycles. The molecule has 0 atom stereocenters. The van der Waals surface area contributed by atoms with E-state index in [1.54, 1.807) is 6.07 Å². The topological polar surface area (TPSA) is 76.7 Å². The minimum absolute atomic E-state index is 0.0671. The number of pyridine rings is 1. The fourth-order valence-electron chi connectivity index (χ4n) is 2.01.